The Labute approximate surface area is 169 Å². The molecular formula is C20H43NO4S2. The summed E-state index contributed by atoms with van der Waals surface area (Å²) in [5, 5.41) is 0. The molecule has 0 saturated carbocycles. The van der Waals surface area contributed by atoms with E-state index in [1.807, 2.05) is 34.6 Å². The highest BCUT2D eigenvalue weighted by Crippen LogP contribution is 2.34. The molecule has 0 aliphatic heterocycles. The smallest absolute Gasteiger partial charge is 0.216 e. The summed E-state index contributed by atoms with van der Waals surface area (Å²) in [6.07, 6.45) is 2.30. The van der Waals surface area contributed by atoms with Crippen LogP contribution < -0.4 is 4.72 Å². The molecule has 0 aromatic rings. The van der Waals surface area contributed by atoms with Crippen LogP contribution >= 0.6 is 0 Å². The molecule has 0 fully saturated rings. The molecule has 0 amide bonds. The van der Waals surface area contributed by atoms with Gasteiger partial charge >= 0.3 is 0 Å². The fraction of sp³-hybridized carbons (Fsp3) is 1.00. The lowest BCUT2D eigenvalue weighted by Crippen LogP contribution is -2.43. The number of nitrogens with one attached hydrogen (secondary N) is 1. The van der Waals surface area contributed by atoms with Crippen molar-refractivity contribution in [1.29, 1.82) is 0 Å². The second-order valence-corrected chi connectivity index (χ2v) is 16.4. The fourth-order valence-electron chi connectivity index (χ4n) is 2.56. The van der Waals surface area contributed by atoms with Gasteiger partial charge in [0.25, 0.3) is 0 Å². The van der Waals surface area contributed by atoms with Gasteiger partial charge in [-0.2, -0.15) is 0 Å². The third-order valence-corrected chi connectivity index (χ3v) is 9.04. The Morgan fingerprint density at radius 2 is 1.11 bits per heavy atom. The maximum absolute atomic E-state index is 12.3. The molecule has 7 heteroatoms. The predicted molar refractivity (Wildman–Crippen MR) is 116 cm³/mol. The van der Waals surface area contributed by atoms with E-state index in [-0.39, 0.29) is 27.8 Å². The van der Waals surface area contributed by atoms with Crippen LogP contribution in [-0.4, -0.2) is 39.6 Å². The van der Waals surface area contributed by atoms with Crippen molar-refractivity contribution in [3.8, 4) is 0 Å². The van der Waals surface area contributed by atoms with E-state index >= 15 is 0 Å². The largest absolute Gasteiger partial charge is 0.229 e. The second-order valence-electron chi connectivity index (χ2n) is 11.7. The van der Waals surface area contributed by atoms with Crippen molar-refractivity contribution in [1.82, 2.24) is 4.72 Å². The standard InChI is InChI=1S/C20H43NO4S2/c1-17(2,3)16-26(22,23)14-13-19(7,8)11-12-20(9,10)15-21-27(24,25)18(4,5)6/h21H,11-16H2,1-10H3. The van der Waals surface area contributed by atoms with E-state index in [4.69, 9.17) is 0 Å². The molecule has 0 heterocycles. The van der Waals surface area contributed by atoms with Crippen LogP contribution in [0.25, 0.3) is 0 Å². The summed E-state index contributed by atoms with van der Waals surface area (Å²) in [6.45, 7) is 19.5. The van der Waals surface area contributed by atoms with Gasteiger partial charge in [0.15, 0.2) is 9.84 Å². The van der Waals surface area contributed by atoms with Gasteiger partial charge < -0.3 is 0 Å². The molecule has 0 unspecified atom stereocenters. The molecule has 164 valence electrons. The van der Waals surface area contributed by atoms with Gasteiger partial charge in [0, 0.05) is 6.54 Å². The Kier molecular flexibility index (Phi) is 8.66. The fourth-order valence-corrected chi connectivity index (χ4v) is 5.90. The quantitative estimate of drug-likeness (QED) is 0.563. The van der Waals surface area contributed by atoms with Crippen LogP contribution in [0.4, 0.5) is 0 Å². The highest BCUT2D eigenvalue weighted by Gasteiger charge is 2.32. The van der Waals surface area contributed by atoms with Crippen molar-refractivity contribution in [2.45, 2.75) is 93.2 Å². The predicted octanol–water partition coefficient (Wildman–Crippen LogP) is 4.39. The zero-order valence-corrected chi connectivity index (χ0v) is 20.8. The van der Waals surface area contributed by atoms with Crippen LogP contribution in [0.1, 0.15) is 88.5 Å². The third-order valence-electron chi connectivity index (χ3n) is 4.77. The molecule has 0 aliphatic carbocycles. The van der Waals surface area contributed by atoms with Crippen molar-refractivity contribution in [2.75, 3.05) is 18.1 Å². The van der Waals surface area contributed by atoms with E-state index in [2.05, 4.69) is 18.6 Å². The van der Waals surface area contributed by atoms with E-state index < -0.39 is 24.6 Å². The van der Waals surface area contributed by atoms with E-state index in [0.717, 1.165) is 12.8 Å². The Bertz CT molecular complexity index is 676. The first-order valence-corrected chi connectivity index (χ1v) is 13.1. The van der Waals surface area contributed by atoms with Gasteiger partial charge in [0.2, 0.25) is 10.0 Å². The minimum atomic E-state index is -3.36. The average molecular weight is 426 g/mol. The summed E-state index contributed by atoms with van der Waals surface area (Å²) < 4.78 is 51.1. The maximum Gasteiger partial charge on any atom is 0.216 e. The van der Waals surface area contributed by atoms with Crippen molar-refractivity contribution in [2.24, 2.45) is 16.2 Å². The van der Waals surface area contributed by atoms with E-state index in [9.17, 15) is 16.8 Å². The monoisotopic (exact) mass is 425 g/mol. The first-order valence-electron chi connectivity index (χ1n) is 9.77. The van der Waals surface area contributed by atoms with Crippen LogP contribution in [0.2, 0.25) is 0 Å². The number of hydrogen-bond donors (Lipinski definition) is 1. The van der Waals surface area contributed by atoms with Crippen LogP contribution in [0.5, 0.6) is 0 Å². The minimum absolute atomic E-state index is 0.106. The minimum Gasteiger partial charge on any atom is -0.229 e. The zero-order chi connectivity index (χ0) is 21.9. The summed E-state index contributed by atoms with van der Waals surface area (Å²) in [6, 6.07) is 0. The third kappa shape index (κ3) is 11.4. The summed E-state index contributed by atoms with van der Waals surface area (Å²) >= 11 is 0. The molecule has 0 spiro atoms. The Balaban J connectivity index is 4.70. The lowest BCUT2D eigenvalue weighted by Gasteiger charge is -2.32. The Morgan fingerprint density at radius 1 is 0.667 bits per heavy atom. The molecule has 1 N–H and O–H groups in total. The summed E-state index contributed by atoms with van der Waals surface area (Å²) in [5.41, 5.74) is -0.528. The first kappa shape index (κ1) is 26.9. The van der Waals surface area contributed by atoms with Gasteiger partial charge in [-0.05, 0) is 56.3 Å². The van der Waals surface area contributed by atoms with Gasteiger partial charge in [0.05, 0.1) is 16.3 Å². The Morgan fingerprint density at radius 3 is 1.52 bits per heavy atom. The number of sulfone groups is 1. The molecule has 0 aliphatic rings. The zero-order valence-electron chi connectivity index (χ0n) is 19.2. The molecular weight excluding hydrogens is 382 g/mol. The van der Waals surface area contributed by atoms with Gasteiger partial charge in [0.1, 0.15) is 0 Å². The van der Waals surface area contributed by atoms with Gasteiger partial charge in [-0.1, -0.05) is 48.5 Å². The van der Waals surface area contributed by atoms with Crippen molar-refractivity contribution in [3.05, 3.63) is 0 Å². The Hall–Kier alpha value is -0.140. The lowest BCUT2D eigenvalue weighted by molar-refractivity contribution is 0.234. The summed E-state index contributed by atoms with van der Waals surface area (Å²) in [4.78, 5) is 0. The molecule has 5 nitrogen and oxygen atoms in total. The van der Waals surface area contributed by atoms with Crippen molar-refractivity contribution in [3.63, 3.8) is 0 Å². The molecule has 0 saturated heterocycles. The van der Waals surface area contributed by atoms with Crippen LogP contribution in [0.3, 0.4) is 0 Å². The first-order chi connectivity index (χ1) is 11.6. The summed E-state index contributed by atoms with van der Waals surface area (Å²) in [5.74, 6) is 0.407. The van der Waals surface area contributed by atoms with Crippen LogP contribution in [0.15, 0.2) is 0 Å². The number of sulfonamides is 1. The van der Waals surface area contributed by atoms with Crippen LogP contribution in [-0.2, 0) is 19.9 Å². The second kappa shape index (κ2) is 8.70. The number of rotatable bonds is 10. The number of hydrogen-bond acceptors (Lipinski definition) is 4. The molecule has 0 aromatic carbocycles. The van der Waals surface area contributed by atoms with E-state index in [1.54, 1.807) is 20.8 Å². The highest BCUT2D eigenvalue weighted by molar-refractivity contribution is 7.91. The molecule has 27 heavy (non-hydrogen) atoms. The highest BCUT2D eigenvalue weighted by atomic mass is 32.2. The topological polar surface area (TPSA) is 80.3 Å². The van der Waals surface area contributed by atoms with E-state index in [0.29, 0.717) is 13.0 Å². The molecule has 0 rings (SSSR count). The summed E-state index contributed by atoms with van der Waals surface area (Å²) in [7, 11) is -6.42. The SMILES string of the molecule is CC(C)(C)CS(=O)(=O)CCC(C)(C)CCC(C)(C)CNS(=O)(=O)C(C)(C)C. The molecule has 0 bridgehead atoms. The molecule has 0 radical (unpaired) electrons. The van der Waals surface area contributed by atoms with Crippen molar-refractivity contribution < 1.29 is 16.8 Å². The van der Waals surface area contributed by atoms with Gasteiger partial charge in [-0.25, -0.2) is 21.6 Å². The van der Waals surface area contributed by atoms with Crippen LogP contribution in [0, 0.1) is 16.2 Å². The molecule has 0 atom stereocenters. The normalized spacial score (nSPS) is 15.2. The maximum atomic E-state index is 12.3. The molecule has 0 aromatic heterocycles. The van der Waals surface area contributed by atoms with Gasteiger partial charge in [-0.3, -0.25) is 0 Å². The average Bonchev–Trinajstić information content (AvgIpc) is 2.38. The van der Waals surface area contributed by atoms with E-state index in [1.165, 1.54) is 0 Å². The lowest BCUT2D eigenvalue weighted by atomic mass is 9.78. The van der Waals surface area contributed by atoms with Crippen molar-refractivity contribution >= 4 is 19.9 Å². The van der Waals surface area contributed by atoms with Gasteiger partial charge in [-0.15, -0.1) is 0 Å².